The number of rotatable bonds is 6. The summed E-state index contributed by atoms with van der Waals surface area (Å²) < 4.78 is 24.0. The highest BCUT2D eigenvalue weighted by molar-refractivity contribution is 5.41. The van der Waals surface area contributed by atoms with Crippen LogP contribution in [0.2, 0.25) is 0 Å². The fourth-order valence-electron chi connectivity index (χ4n) is 11.0. The molecule has 5 aliphatic carbocycles. The Bertz CT molecular complexity index is 814. The van der Waals surface area contributed by atoms with E-state index in [2.05, 4.69) is 11.8 Å². The summed E-state index contributed by atoms with van der Waals surface area (Å²) in [5.74, 6) is -0.231. The van der Waals surface area contributed by atoms with Crippen molar-refractivity contribution in [1.29, 1.82) is 0 Å². The standard InChI is InChI=1S/C25H41NO7/c1-6-26-11-22(12-30-2)8-7-16(27)24-14-9-13-15(31-3)10-23(28,17(14)18(13)32-4)25(29,21(24)26)20(33-5)19(22)24/h13-21,27-29H,6-12H2,1-5H3/t13-,14-,15+,16+,17-,18?,19-,20+,21?,22+,23-,24?,25?/m1/s1. The van der Waals surface area contributed by atoms with E-state index >= 15 is 0 Å². The number of nitrogens with zero attached hydrogens (tertiary/aromatic N) is 1. The largest absolute Gasteiger partial charge is 0.392 e. The molecule has 6 fully saturated rings. The van der Waals surface area contributed by atoms with Crippen molar-refractivity contribution in [1.82, 2.24) is 4.90 Å². The lowest BCUT2D eigenvalue weighted by molar-refractivity contribution is -0.318. The quantitative estimate of drug-likeness (QED) is 0.512. The molecule has 0 aromatic rings. The molecule has 1 spiro atoms. The van der Waals surface area contributed by atoms with Crippen molar-refractivity contribution in [2.45, 2.75) is 74.3 Å². The Balaban J connectivity index is 1.67. The van der Waals surface area contributed by atoms with Gasteiger partial charge in [-0.05, 0) is 31.7 Å². The van der Waals surface area contributed by atoms with Crippen molar-refractivity contribution >= 4 is 0 Å². The van der Waals surface area contributed by atoms with Crippen molar-refractivity contribution in [3.05, 3.63) is 0 Å². The number of ether oxygens (including phenoxy) is 4. The lowest BCUT2D eigenvalue weighted by Gasteiger charge is -2.69. The first-order valence-corrected chi connectivity index (χ1v) is 12.7. The van der Waals surface area contributed by atoms with Gasteiger partial charge in [0, 0.05) is 70.0 Å². The predicted octanol–water partition coefficient (Wildman–Crippen LogP) is 0.271. The molecule has 0 radical (unpaired) electrons. The second-order valence-corrected chi connectivity index (χ2v) is 11.9. The monoisotopic (exact) mass is 467 g/mol. The SMILES string of the molecule is CCN1C[C@]2(COC)CC[C@H](O)C34C1C(O)([C@@H](OC)[C@@H]32)[C@@]1(O)C[C@H](OC)[C@H]2C[C@@H]4[C@@H]1C2OC. The van der Waals surface area contributed by atoms with Gasteiger partial charge in [-0.2, -0.15) is 0 Å². The lowest BCUT2D eigenvalue weighted by Crippen LogP contribution is -2.82. The highest BCUT2D eigenvalue weighted by Gasteiger charge is 2.91. The van der Waals surface area contributed by atoms with Crippen LogP contribution in [0.15, 0.2) is 0 Å². The number of likely N-dealkylation sites (tertiary alicyclic amines) is 1. The van der Waals surface area contributed by atoms with Crippen molar-refractivity contribution < 1.29 is 34.3 Å². The van der Waals surface area contributed by atoms with Crippen LogP contribution in [0, 0.1) is 34.5 Å². The summed E-state index contributed by atoms with van der Waals surface area (Å²) in [6.45, 7) is 4.18. The highest BCUT2D eigenvalue weighted by atomic mass is 16.5. The van der Waals surface area contributed by atoms with Gasteiger partial charge in [0.25, 0.3) is 0 Å². The number of hydrogen-bond donors (Lipinski definition) is 3. The van der Waals surface area contributed by atoms with Crippen molar-refractivity contribution in [2.75, 3.05) is 48.1 Å². The minimum absolute atomic E-state index is 0.00825. The van der Waals surface area contributed by atoms with Crippen molar-refractivity contribution in [2.24, 2.45) is 34.5 Å². The fourth-order valence-corrected chi connectivity index (χ4v) is 11.0. The van der Waals surface area contributed by atoms with E-state index in [1.54, 1.807) is 28.4 Å². The van der Waals surface area contributed by atoms with Crippen LogP contribution in [0.25, 0.3) is 0 Å². The van der Waals surface area contributed by atoms with Crippen LogP contribution in [-0.2, 0) is 18.9 Å². The number of fused-ring (bicyclic) bond motifs is 2. The zero-order chi connectivity index (χ0) is 23.6. The zero-order valence-electron chi connectivity index (χ0n) is 20.6. The van der Waals surface area contributed by atoms with Gasteiger partial charge in [0.05, 0.1) is 37.1 Å². The maximum absolute atomic E-state index is 12.9. The minimum atomic E-state index is -1.55. The first-order chi connectivity index (χ1) is 15.8. The Kier molecular flexibility index (Phi) is 4.99. The minimum Gasteiger partial charge on any atom is -0.392 e. The molecular formula is C25H41NO7. The average Bonchev–Trinajstić information content (AvgIpc) is 3.22. The molecule has 3 N–H and O–H groups in total. The third kappa shape index (κ3) is 2.20. The Morgan fingerprint density at radius 2 is 1.82 bits per heavy atom. The molecule has 8 nitrogen and oxygen atoms in total. The molecule has 0 amide bonds. The number of piperidine rings is 1. The summed E-state index contributed by atoms with van der Waals surface area (Å²) in [6.07, 6.45) is 1.06. The third-order valence-electron chi connectivity index (χ3n) is 11.5. The van der Waals surface area contributed by atoms with Crippen molar-refractivity contribution in [3.8, 4) is 0 Å². The summed E-state index contributed by atoms with van der Waals surface area (Å²) in [4.78, 5) is 2.33. The molecule has 1 heterocycles. The number of hydrogen-bond acceptors (Lipinski definition) is 8. The molecular weight excluding hydrogens is 426 g/mol. The summed E-state index contributed by atoms with van der Waals surface area (Å²) in [5, 5.41) is 37.6. The molecule has 7 bridgehead atoms. The molecule has 1 aliphatic heterocycles. The number of likely N-dealkylation sites (N-methyl/N-ethyl adjacent to an activating group) is 1. The molecule has 33 heavy (non-hydrogen) atoms. The van der Waals surface area contributed by atoms with Gasteiger partial charge in [-0.1, -0.05) is 6.92 Å². The van der Waals surface area contributed by atoms with E-state index in [1.165, 1.54) is 0 Å². The summed E-state index contributed by atoms with van der Waals surface area (Å²) in [7, 11) is 6.79. The fraction of sp³-hybridized carbons (Fsp3) is 1.00. The smallest absolute Gasteiger partial charge is 0.136 e. The molecule has 5 saturated carbocycles. The average molecular weight is 468 g/mol. The Labute approximate surface area is 196 Å². The molecule has 6 rings (SSSR count). The molecule has 0 aromatic heterocycles. The molecule has 188 valence electrons. The molecule has 13 atom stereocenters. The Morgan fingerprint density at radius 1 is 1.06 bits per heavy atom. The zero-order valence-corrected chi connectivity index (χ0v) is 20.6. The molecule has 0 aromatic carbocycles. The number of methoxy groups -OCH3 is 4. The van der Waals surface area contributed by atoms with E-state index in [9.17, 15) is 15.3 Å². The van der Waals surface area contributed by atoms with Gasteiger partial charge in [0.15, 0.2) is 0 Å². The normalized spacial score (nSPS) is 60.9. The maximum Gasteiger partial charge on any atom is 0.136 e. The highest BCUT2D eigenvalue weighted by Crippen LogP contribution is 2.80. The Morgan fingerprint density at radius 3 is 2.42 bits per heavy atom. The van der Waals surface area contributed by atoms with Crippen LogP contribution in [0.3, 0.4) is 0 Å². The van der Waals surface area contributed by atoms with E-state index < -0.39 is 28.8 Å². The molecule has 1 saturated heterocycles. The van der Waals surface area contributed by atoms with Gasteiger partial charge in [-0.3, -0.25) is 4.90 Å². The van der Waals surface area contributed by atoms with Crippen LogP contribution < -0.4 is 0 Å². The van der Waals surface area contributed by atoms with E-state index in [-0.39, 0.29) is 47.3 Å². The molecule has 6 aliphatic rings. The summed E-state index contributed by atoms with van der Waals surface area (Å²) >= 11 is 0. The van der Waals surface area contributed by atoms with E-state index in [0.29, 0.717) is 19.4 Å². The van der Waals surface area contributed by atoms with Gasteiger partial charge >= 0.3 is 0 Å². The van der Waals surface area contributed by atoms with Gasteiger partial charge < -0.3 is 34.3 Å². The van der Waals surface area contributed by atoms with E-state index in [4.69, 9.17) is 18.9 Å². The molecule has 4 unspecified atom stereocenters. The third-order valence-corrected chi connectivity index (χ3v) is 11.5. The summed E-state index contributed by atoms with van der Waals surface area (Å²) in [5.41, 5.74) is -3.82. The van der Waals surface area contributed by atoms with Crippen molar-refractivity contribution in [3.63, 3.8) is 0 Å². The van der Waals surface area contributed by atoms with Crippen LogP contribution in [-0.4, -0.2) is 110 Å². The summed E-state index contributed by atoms with van der Waals surface area (Å²) in [6, 6.07) is -0.386. The van der Waals surface area contributed by atoms with E-state index in [1.807, 2.05) is 0 Å². The van der Waals surface area contributed by atoms with Crippen LogP contribution in [0.1, 0.15) is 32.6 Å². The molecule has 8 heteroatoms. The van der Waals surface area contributed by atoms with Crippen LogP contribution in [0.5, 0.6) is 0 Å². The Hall–Kier alpha value is -0.320. The number of aliphatic hydroxyl groups is 3. The van der Waals surface area contributed by atoms with Gasteiger partial charge in [-0.25, -0.2) is 0 Å². The van der Waals surface area contributed by atoms with E-state index in [0.717, 1.165) is 25.9 Å². The van der Waals surface area contributed by atoms with Gasteiger partial charge in [-0.15, -0.1) is 0 Å². The van der Waals surface area contributed by atoms with Gasteiger partial charge in [0.1, 0.15) is 11.2 Å². The van der Waals surface area contributed by atoms with Crippen LogP contribution >= 0.6 is 0 Å². The lowest BCUT2D eigenvalue weighted by atomic mass is 9.42. The van der Waals surface area contributed by atoms with Gasteiger partial charge in [0.2, 0.25) is 0 Å². The maximum atomic E-state index is 12.9. The second-order valence-electron chi connectivity index (χ2n) is 11.9. The van der Waals surface area contributed by atoms with Crippen LogP contribution in [0.4, 0.5) is 0 Å². The predicted molar refractivity (Wildman–Crippen MR) is 119 cm³/mol. The second kappa shape index (κ2) is 7.13. The first-order valence-electron chi connectivity index (χ1n) is 12.7. The number of aliphatic hydroxyl groups excluding tert-OH is 1. The topological polar surface area (TPSA) is 101 Å². The first kappa shape index (κ1) is 23.1.